The van der Waals surface area contributed by atoms with Crippen LogP contribution in [0.3, 0.4) is 0 Å². The number of hydrogen-bond acceptors (Lipinski definition) is 5. The molecule has 3 aliphatic heterocycles. The summed E-state index contributed by atoms with van der Waals surface area (Å²) in [5.41, 5.74) is 4.39. The quantitative estimate of drug-likeness (QED) is 0.637. The third-order valence-electron chi connectivity index (χ3n) is 6.47. The van der Waals surface area contributed by atoms with Crippen molar-refractivity contribution in [3.8, 4) is 0 Å². The number of nitrogens with one attached hydrogen (secondary N) is 3. The van der Waals surface area contributed by atoms with Crippen LogP contribution in [0.2, 0.25) is 0 Å². The van der Waals surface area contributed by atoms with Gasteiger partial charge in [-0.15, -0.1) is 0 Å². The van der Waals surface area contributed by atoms with Gasteiger partial charge in [-0.1, -0.05) is 24.3 Å². The lowest BCUT2D eigenvalue weighted by molar-refractivity contribution is -0.137. The molecule has 0 aliphatic carbocycles. The van der Waals surface area contributed by atoms with Crippen LogP contribution in [-0.4, -0.2) is 40.6 Å². The number of piperidine rings is 1. The first kappa shape index (κ1) is 20.4. The van der Waals surface area contributed by atoms with E-state index in [2.05, 4.69) is 28.1 Å². The van der Waals surface area contributed by atoms with Crippen molar-refractivity contribution in [1.29, 1.82) is 0 Å². The van der Waals surface area contributed by atoms with Crippen LogP contribution in [0.4, 0.5) is 5.69 Å². The molecule has 2 atom stereocenters. The van der Waals surface area contributed by atoms with E-state index in [0.29, 0.717) is 30.6 Å². The third-order valence-corrected chi connectivity index (χ3v) is 6.47. The molecule has 5 rings (SSSR count). The predicted octanol–water partition coefficient (Wildman–Crippen LogP) is 1.49. The Kier molecular flexibility index (Phi) is 5.22. The molecule has 3 N–H and O–H groups in total. The molecule has 0 bridgehead atoms. The Hall–Kier alpha value is -3.52. The molecule has 2 aromatic rings. The molecule has 3 heterocycles. The summed E-state index contributed by atoms with van der Waals surface area (Å²) >= 11 is 0. The molecular formula is C24H24N4O4. The van der Waals surface area contributed by atoms with Gasteiger partial charge >= 0.3 is 0 Å². The van der Waals surface area contributed by atoms with Gasteiger partial charge in [0.1, 0.15) is 6.04 Å². The van der Waals surface area contributed by atoms with Gasteiger partial charge in [0.05, 0.1) is 6.04 Å². The van der Waals surface area contributed by atoms with Gasteiger partial charge in [0.25, 0.3) is 5.91 Å². The Balaban J connectivity index is 1.26. The summed E-state index contributed by atoms with van der Waals surface area (Å²) in [6.45, 7) is 0.926. The number of benzene rings is 2. The highest BCUT2D eigenvalue weighted by Crippen LogP contribution is 2.29. The van der Waals surface area contributed by atoms with E-state index in [1.54, 1.807) is 18.2 Å². The zero-order valence-corrected chi connectivity index (χ0v) is 17.5. The maximum absolute atomic E-state index is 12.9. The number of anilines is 1. The number of hydrogen-bond donors (Lipinski definition) is 3. The van der Waals surface area contributed by atoms with Crippen LogP contribution < -0.4 is 16.0 Å². The van der Waals surface area contributed by atoms with Crippen molar-refractivity contribution in [3.63, 3.8) is 0 Å². The summed E-state index contributed by atoms with van der Waals surface area (Å²) in [6.07, 6.45) is 2.08. The van der Waals surface area contributed by atoms with Gasteiger partial charge in [0, 0.05) is 30.8 Å². The van der Waals surface area contributed by atoms with Crippen molar-refractivity contribution < 1.29 is 19.2 Å². The molecule has 4 amide bonds. The highest BCUT2D eigenvalue weighted by atomic mass is 16.2. The van der Waals surface area contributed by atoms with Crippen molar-refractivity contribution in [2.75, 3.05) is 5.32 Å². The van der Waals surface area contributed by atoms with E-state index in [1.165, 1.54) is 16.0 Å². The number of nitrogens with zero attached hydrogens (tertiary/aromatic N) is 1. The van der Waals surface area contributed by atoms with E-state index in [9.17, 15) is 19.2 Å². The lowest BCUT2D eigenvalue weighted by Crippen LogP contribution is -2.52. The van der Waals surface area contributed by atoms with Crippen LogP contribution >= 0.6 is 0 Å². The number of amides is 4. The van der Waals surface area contributed by atoms with Gasteiger partial charge in [-0.05, 0) is 54.2 Å². The molecule has 1 saturated heterocycles. The first-order valence-corrected chi connectivity index (χ1v) is 10.9. The minimum absolute atomic E-state index is 0.107. The van der Waals surface area contributed by atoms with Crippen LogP contribution in [0.15, 0.2) is 42.5 Å². The number of carbonyl (C=O) groups is 4. The summed E-state index contributed by atoms with van der Waals surface area (Å²) in [4.78, 5) is 50.8. The average Bonchev–Trinajstić information content (AvgIpc) is 2.95. The first-order chi connectivity index (χ1) is 15.5. The molecule has 1 fully saturated rings. The van der Waals surface area contributed by atoms with Gasteiger partial charge in [-0.3, -0.25) is 24.5 Å². The maximum Gasteiger partial charge on any atom is 0.255 e. The molecule has 164 valence electrons. The topological polar surface area (TPSA) is 108 Å². The molecule has 8 heteroatoms. The minimum Gasteiger partial charge on any atom is -0.325 e. The van der Waals surface area contributed by atoms with Crippen LogP contribution in [0, 0.1) is 0 Å². The molecule has 32 heavy (non-hydrogen) atoms. The van der Waals surface area contributed by atoms with Gasteiger partial charge in [0.15, 0.2) is 0 Å². The zero-order chi connectivity index (χ0) is 22.2. The van der Waals surface area contributed by atoms with Gasteiger partial charge in [-0.2, -0.15) is 0 Å². The Morgan fingerprint density at radius 1 is 0.969 bits per heavy atom. The van der Waals surface area contributed by atoms with Crippen molar-refractivity contribution in [2.45, 2.75) is 50.9 Å². The Morgan fingerprint density at radius 3 is 2.59 bits per heavy atom. The van der Waals surface area contributed by atoms with E-state index in [4.69, 9.17) is 0 Å². The van der Waals surface area contributed by atoms with Gasteiger partial charge in [0.2, 0.25) is 17.7 Å². The normalized spacial score (nSPS) is 22.6. The van der Waals surface area contributed by atoms with Crippen LogP contribution in [0.5, 0.6) is 0 Å². The fourth-order valence-corrected chi connectivity index (χ4v) is 4.71. The zero-order valence-electron chi connectivity index (χ0n) is 17.5. The number of rotatable bonds is 3. The fraction of sp³-hybridized carbons (Fsp3) is 0.333. The average molecular weight is 432 g/mol. The van der Waals surface area contributed by atoms with E-state index in [-0.39, 0.29) is 36.7 Å². The largest absolute Gasteiger partial charge is 0.325 e. The summed E-state index contributed by atoms with van der Waals surface area (Å²) in [6, 6.07) is 12.4. The SMILES string of the molecule is O=C1CCC(N2Cc3cc(NC(=O)C4CCc5ccccc5CN4)ccc3C2=O)C(=O)N1. The smallest absolute Gasteiger partial charge is 0.255 e. The summed E-state index contributed by atoms with van der Waals surface area (Å²) in [5, 5.41) is 8.60. The number of fused-ring (bicyclic) bond motifs is 2. The Labute approximate surface area is 185 Å². The molecule has 0 spiro atoms. The Morgan fingerprint density at radius 2 is 1.78 bits per heavy atom. The minimum atomic E-state index is -0.650. The molecular weight excluding hydrogens is 408 g/mol. The third kappa shape index (κ3) is 3.78. The van der Waals surface area contributed by atoms with E-state index in [0.717, 1.165) is 12.0 Å². The van der Waals surface area contributed by atoms with E-state index < -0.39 is 11.9 Å². The maximum atomic E-state index is 12.9. The van der Waals surface area contributed by atoms with Crippen molar-refractivity contribution in [2.24, 2.45) is 0 Å². The molecule has 0 saturated carbocycles. The molecule has 2 unspecified atom stereocenters. The van der Waals surface area contributed by atoms with Crippen LogP contribution in [-0.2, 0) is 33.9 Å². The van der Waals surface area contributed by atoms with Crippen molar-refractivity contribution in [1.82, 2.24) is 15.5 Å². The van der Waals surface area contributed by atoms with E-state index >= 15 is 0 Å². The van der Waals surface area contributed by atoms with E-state index in [1.807, 2.05) is 12.1 Å². The second-order valence-electron chi connectivity index (χ2n) is 8.50. The second-order valence-corrected chi connectivity index (χ2v) is 8.50. The van der Waals surface area contributed by atoms with Crippen molar-refractivity contribution >= 4 is 29.3 Å². The van der Waals surface area contributed by atoms with Crippen molar-refractivity contribution in [3.05, 3.63) is 64.7 Å². The lowest BCUT2D eigenvalue weighted by Gasteiger charge is -2.29. The highest BCUT2D eigenvalue weighted by molar-refractivity contribution is 6.05. The number of carbonyl (C=O) groups excluding carboxylic acids is 4. The molecule has 0 radical (unpaired) electrons. The Bertz CT molecular complexity index is 1100. The summed E-state index contributed by atoms with van der Waals surface area (Å²) < 4.78 is 0. The predicted molar refractivity (Wildman–Crippen MR) is 117 cm³/mol. The lowest BCUT2D eigenvalue weighted by atomic mass is 10.0. The van der Waals surface area contributed by atoms with Gasteiger partial charge < -0.3 is 15.5 Å². The second kappa shape index (κ2) is 8.20. The molecule has 3 aliphatic rings. The summed E-state index contributed by atoms with van der Waals surface area (Å²) in [7, 11) is 0. The fourth-order valence-electron chi connectivity index (χ4n) is 4.71. The number of aryl methyl sites for hydroxylation is 1. The van der Waals surface area contributed by atoms with Gasteiger partial charge in [-0.25, -0.2) is 0 Å². The monoisotopic (exact) mass is 432 g/mol. The standard InChI is InChI=1S/C24H24N4O4/c29-21-10-9-20(23(31)27-21)28-13-16-11-17(6-7-18(16)24(28)32)26-22(30)19-8-5-14-3-1-2-4-15(14)12-25-19/h1-4,6-7,11,19-20,25H,5,8-10,12-13H2,(H,26,30)(H,27,29,31). The van der Waals surface area contributed by atoms with Crippen LogP contribution in [0.1, 0.15) is 46.3 Å². The van der Waals surface area contributed by atoms with Crippen LogP contribution in [0.25, 0.3) is 0 Å². The summed E-state index contributed by atoms with van der Waals surface area (Å²) in [5.74, 6) is -1.08. The number of imide groups is 1. The highest BCUT2D eigenvalue weighted by Gasteiger charge is 2.39. The first-order valence-electron chi connectivity index (χ1n) is 10.9. The molecule has 0 aromatic heterocycles. The molecule has 2 aromatic carbocycles. The molecule has 8 nitrogen and oxygen atoms in total.